The van der Waals surface area contributed by atoms with Gasteiger partial charge in [-0.3, -0.25) is 4.79 Å². The van der Waals surface area contributed by atoms with Crippen molar-refractivity contribution >= 4 is 30.1 Å². The normalized spacial score (nSPS) is 19.9. The second-order valence-electron chi connectivity index (χ2n) is 5.49. The van der Waals surface area contributed by atoms with Gasteiger partial charge in [-0.1, -0.05) is 0 Å². The van der Waals surface area contributed by atoms with Crippen molar-refractivity contribution in [2.24, 2.45) is 5.73 Å². The van der Waals surface area contributed by atoms with Gasteiger partial charge in [-0.25, -0.2) is 0 Å². The fraction of sp³-hybridized carbons (Fsp3) is 0.533. The van der Waals surface area contributed by atoms with Crippen LogP contribution in [0.4, 0.5) is 13.2 Å². The molecular weight excluding hydrogens is 349 g/mol. The average molecular weight is 369 g/mol. The maximum Gasteiger partial charge on any atom is 0.446 e. The molecule has 8 heteroatoms. The van der Waals surface area contributed by atoms with Crippen LogP contribution in [0.5, 0.6) is 0 Å². The number of benzene rings is 1. The van der Waals surface area contributed by atoms with Gasteiger partial charge in [0.05, 0.1) is 0 Å². The number of amides is 1. The zero-order valence-electron chi connectivity index (χ0n) is 12.7. The number of nitrogens with zero attached hydrogens (tertiary/aromatic N) is 1. The predicted molar refractivity (Wildman–Crippen MR) is 87.9 cm³/mol. The van der Waals surface area contributed by atoms with E-state index in [2.05, 4.69) is 0 Å². The van der Waals surface area contributed by atoms with E-state index in [0.29, 0.717) is 12.1 Å². The summed E-state index contributed by atoms with van der Waals surface area (Å²) in [5, 5.41) is 0. The minimum Gasteiger partial charge on any atom is -0.334 e. The van der Waals surface area contributed by atoms with Crippen LogP contribution in [0.25, 0.3) is 0 Å². The molecule has 0 aromatic heterocycles. The summed E-state index contributed by atoms with van der Waals surface area (Å²) in [6.07, 6.45) is 2.83. The largest absolute Gasteiger partial charge is 0.446 e. The quantitative estimate of drug-likeness (QED) is 0.818. The Bertz CT molecular complexity index is 522. The Labute approximate surface area is 144 Å². The highest BCUT2D eigenvalue weighted by atomic mass is 35.5. The summed E-state index contributed by atoms with van der Waals surface area (Å²) in [7, 11) is 0. The van der Waals surface area contributed by atoms with E-state index in [1.807, 2.05) is 6.92 Å². The lowest BCUT2D eigenvalue weighted by atomic mass is 9.96. The van der Waals surface area contributed by atoms with Crippen molar-refractivity contribution in [1.29, 1.82) is 0 Å². The first kappa shape index (κ1) is 20.1. The van der Waals surface area contributed by atoms with Crippen LogP contribution in [0.15, 0.2) is 29.2 Å². The minimum absolute atomic E-state index is 0. The van der Waals surface area contributed by atoms with Crippen molar-refractivity contribution in [3.8, 4) is 0 Å². The first-order chi connectivity index (χ1) is 10.3. The van der Waals surface area contributed by atoms with Crippen molar-refractivity contribution < 1.29 is 18.0 Å². The van der Waals surface area contributed by atoms with E-state index in [1.165, 1.54) is 24.3 Å². The number of hydrogen-bond acceptors (Lipinski definition) is 3. The maximum absolute atomic E-state index is 12.6. The molecule has 0 bridgehead atoms. The molecule has 1 aliphatic rings. The van der Waals surface area contributed by atoms with Gasteiger partial charge in [-0.2, -0.15) is 13.2 Å². The van der Waals surface area contributed by atoms with Gasteiger partial charge < -0.3 is 10.6 Å². The third-order valence-electron chi connectivity index (χ3n) is 3.75. The fourth-order valence-corrected chi connectivity index (χ4v) is 3.26. The molecule has 1 fully saturated rings. The molecule has 2 unspecified atom stereocenters. The molecule has 1 aromatic carbocycles. The fourth-order valence-electron chi connectivity index (χ4n) is 2.72. The van der Waals surface area contributed by atoms with Crippen LogP contribution in [-0.2, 0) is 0 Å². The van der Waals surface area contributed by atoms with Crippen LogP contribution in [0.1, 0.15) is 36.5 Å². The Balaban J connectivity index is 0.00000264. The summed E-state index contributed by atoms with van der Waals surface area (Å²) in [6, 6.07) is 5.42. The standard InChI is InChI=1S/C15H19F3N2OS.ClH/c1-10(19)13-4-2-3-9-20(13)14(21)11-5-7-12(8-6-11)22-15(16,17)18;/h5-8,10,13H,2-4,9,19H2,1H3;1H. The van der Waals surface area contributed by atoms with E-state index in [0.717, 1.165) is 19.3 Å². The molecule has 2 N–H and O–H groups in total. The van der Waals surface area contributed by atoms with E-state index in [4.69, 9.17) is 5.73 Å². The minimum atomic E-state index is -4.32. The summed E-state index contributed by atoms with van der Waals surface area (Å²) < 4.78 is 36.9. The van der Waals surface area contributed by atoms with E-state index in [-0.39, 0.29) is 47.1 Å². The molecule has 23 heavy (non-hydrogen) atoms. The molecule has 0 radical (unpaired) electrons. The number of alkyl halides is 3. The number of halogens is 4. The first-order valence-electron chi connectivity index (χ1n) is 7.20. The van der Waals surface area contributed by atoms with Gasteiger partial charge in [-0.05, 0) is 62.2 Å². The third-order valence-corrected chi connectivity index (χ3v) is 4.49. The van der Waals surface area contributed by atoms with E-state index in [9.17, 15) is 18.0 Å². The number of rotatable bonds is 3. The summed E-state index contributed by atoms with van der Waals surface area (Å²) in [6.45, 7) is 2.52. The summed E-state index contributed by atoms with van der Waals surface area (Å²) in [4.78, 5) is 14.4. The summed E-state index contributed by atoms with van der Waals surface area (Å²) >= 11 is -0.183. The third kappa shape index (κ3) is 5.58. The first-order valence-corrected chi connectivity index (χ1v) is 8.02. The average Bonchev–Trinajstić information content (AvgIpc) is 2.45. The van der Waals surface area contributed by atoms with Crippen molar-refractivity contribution in [3.05, 3.63) is 29.8 Å². The molecule has 0 spiro atoms. The van der Waals surface area contributed by atoms with Crippen LogP contribution in [0.3, 0.4) is 0 Å². The lowest BCUT2D eigenvalue weighted by molar-refractivity contribution is -0.0328. The second kappa shape index (κ2) is 8.26. The Kier molecular flexibility index (Phi) is 7.23. The molecule has 3 nitrogen and oxygen atoms in total. The monoisotopic (exact) mass is 368 g/mol. The molecule has 0 aliphatic carbocycles. The van der Waals surface area contributed by atoms with Gasteiger partial charge in [0.15, 0.2) is 0 Å². The number of likely N-dealkylation sites (tertiary alicyclic amines) is 1. The van der Waals surface area contributed by atoms with E-state index in [1.54, 1.807) is 4.90 Å². The van der Waals surface area contributed by atoms with Gasteiger partial charge in [0.25, 0.3) is 5.91 Å². The molecule has 0 saturated carbocycles. The van der Waals surface area contributed by atoms with Crippen molar-refractivity contribution in [2.45, 2.75) is 48.7 Å². The molecule has 130 valence electrons. The Morgan fingerprint density at radius 3 is 2.43 bits per heavy atom. The highest BCUT2D eigenvalue weighted by Gasteiger charge is 2.31. The molecule has 1 saturated heterocycles. The molecular formula is C15H20ClF3N2OS. The predicted octanol–water partition coefficient (Wildman–Crippen LogP) is 4.06. The molecule has 1 amide bonds. The number of carbonyl (C=O) groups is 1. The second-order valence-corrected chi connectivity index (χ2v) is 6.63. The lowest BCUT2D eigenvalue weighted by Crippen LogP contribution is -2.51. The van der Waals surface area contributed by atoms with Gasteiger partial charge in [-0.15, -0.1) is 12.4 Å². The van der Waals surface area contributed by atoms with Crippen LogP contribution >= 0.6 is 24.2 Å². The Morgan fingerprint density at radius 1 is 1.30 bits per heavy atom. The molecule has 2 rings (SSSR count). The number of thioether (sulfide) groups is 1. The van der Waals surface area contributed by atoms with Crippen LogP contribution in [-0.4, -0.2) is 34.9 Å². The van der Waals surface area contributed by atoms with Gasteiger partial charge in [0.1, 0.15) is 0 Å². The summed E-state index contributed by atoms with van der Waals surface area (Å²) in [5.41, 5.74) is 2.03. The van der Waals surface area contributed by atoms with Crippen molar-refractivity contribution in [3.63, 3.8) is 0 Å². The number of carbonyl (C=O) groups excluding carboxylic acids is 1. The number of piperidine rings is 1. The zero-order valence-corrected chi connectivity index (χ0v) is 14.3. The van der Waals surface area contributed by atoms with Crippen LogP contribution < -0.4 is 5.73 Å². The van der Waals surface area contributed by atoms with Gasteiger partial charge in [0, 0.05) is 29.1 Å². The molecule has 1 aliphatic heterocycles. The van der Waals surface area contributed by atoms with Gasteiger partial charge in [0.2, 0.25) is 0 Å². The summed E-state index contributed by atoms with van der Waals surface area (Å²) in [5.74, 6) is -0.162. The molecule has 1 aromatic rings. The Hall–Kier alpha value is -0.920. The van der Waals surface area contributed by atoms with Crippen molar-refractivity contribution in [1.82, 2.24) is 4.90 Å². The van der Waals surface area contributed by atoms with Gasteiger partial charge >= 0.3 is 5.51 Å². The SMILES string of the molecule is CC(N)C1CCCCN1C(=O)c1ccc(SC(F)(F)F)cc1.Cl. The number of nitrogens with two attached hydrogens (primary N) is 1. The smallest absolute Gasteiger partial charge is 0.334 e. The van der Waals surface area contributed by atoms with Crippen LogP contribution in [0, 0.1) is 0 Å². The van der Waals surface area contributed by atoms with E-state index >= 15 is 0 Å². The molecule has 2 atom stereocenters. The topological polar surface area (TPSA) is 46.3 Å². The Morgan fingerprint density at radius 2 is 1.91 bits per heavy atom. The highest BCUT2D eigenvalue weighted by Crippen LogP contribution is 2.36. The molecule has 1 heterocycles. The maximum atomic E-state index is 12.6. The van der Waals surface area contributed by atoms with Crippen LogP contribution in [0.2, 0.25) is 0 Å². The van der Waals surface area contributed by atoms with Crippen molar-refractivity contribution in [2.75, 3.05) is 6.54 Å². The lowest BCUT2D eigenvalue weighted by Gasteiger charge is -2.38. The zero-order chi connectivity index (χ0) is 16.3. The van der Waals surface area contributed by atoms with E-state index < -0.39 is 5.51 Å². The number of hydrogen-bond donors (Lipinski definition) is 1. The highest BCUT2D eigenvalue weighted by molar-refractivity contribution is 8.00.